The van der Waals surface area contributed by atoms with Gasteiger partial charge >= 0.3 is 0 Å². The summed E-state index contributed by atoms with van der Waals surface area (Å²) in [6.45, 7) is 11.0. The summed E-state index contributed by atoms with van der Waals surface area (Å²) in [6.07, 6.45) is 7.31. The van der Waals surface area contributed by atoms with Crippen molar-refractivity contribution in [3.05, 3.63) is 35.4 Å². The molecule has 1 N–H and O–H groups in total. The molecule has 0 unspecified atom stereocenters. The molecule has 26 heavy (non-hydrogen) atoms. The summed E-state index contributed by atoms with van der Waals surface area (Å²) >= 11 is 0. The van der Waals surface area contributed by atoms with Gasteiger partial charge in [0, 0.05) is 18.8 Å². The topological polar surface area (TPSA) is 52.1 Å². The lowest BCUT2D eigenvalue weighted by atomic mass is 10.1. The van der Waals surface area contributed by atoms with Crippen LogP contribution < -0.4 is 10.1 Å². The fourth-order valence-corrected chi connectivity index (χ4v) is 2.65. The third-order valence-corrected chi connectivity index (χ3v) is 3.91. The Hall–Kier alpha value is -2.01. The van der Waals surface area contributed by atoms with Crippen LogP contribution in [0, 0.1) is 13.8 Å². The van der Waals surface area contributed by atoms with Gasteiger partial charge in [0.15, 0.2) is 0 Å². The number of nitrogens with one attached hydrogen (secondary N) is 1. The Balaban J connectivity index is 2.25. The second-order valence-electron chi connectivity index (χ2n) is 6.36. The summed E-state index contributed by atoms with van der Waals surface area (Å²) in [6, 6.07) is 4.19. The summed E-state index contributed by atoms with van der Waals surface area (Å²) in [5, 5.41) is 7.37. The first-order valence-electron chi connectivity index (χ1n) is 9.32. The average Bonchev–Trinajstić information content (AvgIpc) is 2.59. The fraction of sp³-hybridized carbons (Fsp3) is 0.571. The monoisotopic (exact) mass is 362 g/mol. The molecule has 5 nitrogen and oxygen atoms in total. The van der Waals surface area contributed by atoms with Gasteiger partial charge in [0.1, 0.15) is 19.5 Å². The number of nitrogens with zero attached hydrogens (tertiary/aromatic N) is 1. The number of hydrogen-bond donors (Lipinski definition) is 1. The van der Waals surface area contributed by atoms with Crippen LogP contribution in [0.25, 0.3) is 0 Å². The molecular weight excluding hydrogens is 328 g/mol. The van der Waals surface area contributed by atoms with Crippen molar-refractivity contribution in [2.45, 2.75) is 47.0 Å². The summed E-state index contributed by atoms with van der Waals surface area (Å²) in [7, 11) is 1.55. The maximum atomic E-state index is 5.73. The van der Waals surface area contributed by atoms with E-state index < -0.39 is 0 Å². The molecule has 0 heterocycles. The van der Waals surface area contributed by atoms with Crippen LogP contribution in [0.1, 0.15) is 44.2 Å². The predicted octanol–water partition coefficient (Wildman–Crippen LogP) is 4.88. The summed E-state index contributed by atoms with van der Waals surface area (Å²) < 4.78 is 11.3. The molecule has 0 saturated heterocycles. The molecule has 0 amide bonds. The van der Waals surface area contributed by atoms with Crippen LogP contribution in [0.4, 0.5) is 5.69 Å². The van der Waals surface area contributed by atoms with E-state index in [2.05, 4.69) is 36.5 Å². The minimum Gasteiger partial charge on any atom is -0.490 e. The molecule has 0 atom stereocenters. The Kier molecular flexibility index (Phi) is 11.2. The number of hydrogen-bond acceptors (Lipinski definition) is 5. The van der Waals surface area contributed by atoms with Crippen molar-refractivity contribution in [2.75, 3.05) is 38.8 Å². The minimum atomic E-state index is 0.535. The quantitative estimate of drug-likeness (QED) is 0.235. The Labute approximate surface area is 158 Å². The van der Waals surface area contributed by atoms with Crippen molar-refractivity contribution in [1.82, 2.24) is 0 Å². The van der Waals surface area contributed by atoms with E-state index >= 15 is 0 Å². The number of benzene rings is 1. The molecular formula is C21H34N2O3. The highest BCUT2D eigenvalue weighted by Gasteiger charge is 2.05. The van der Waals surface area contributed by atoms with Crippen LogP contribution in [-0.4, -0.2) is 39.2 Å². The maximum absolute atomic E-state index is 5.73. The van der Waals surface area contributed by atoms with E-state index in [1.165, 1.54) is 16.8 Å². The van der Waals surface area contributed by atoms with Crippen molar-refractivity contribution < 1.29 is 14.3 Å². The van der Waals surface area contributed by atoms with Gasteiger partial charge in [-0.2, -0.15) is 0 Å². The van der Waals surface area contributed by atoms with E-state index in [9.17, 15) is 0 Å². The lowest BCUT2D eigenvalue weighted by Crippen LogP contribution is -2.08. The average molecular weight is 363 g/mol. The van der Waals surface area contributed by atoms with E-state index in [1.54, 1.807) is 7.11 Å². The van der Waals surface area contributed by atoms with Gasteiger partial charge < -0.3 is 19.6 Å². The molecule has 0 spiro atoms. The highest BCUT2D eigenvalue weighted by molar-refractivity contribution is 5.82. The zero-order valence-corrected chi connectivity index (χ0v) is 16.9. The standard InChI is InChI=1S/C21H34N2O3/c1-6-7-13-26-20-14-17(2)21(18(3)15-20)22-11-9-8-10-12-25-16-19(4)23-24-5/h6-7,14-15,22H,8-13,16H2,1-5H3/b7-6+,23-19+. The van der Waals surface area contributed by atoms with E-state index in [4.69, 9.17) is 14.3 Å². The van der Waals surface area contributed by atoms with Crippen LogP contribution in [-0.2, 0) is 9.57 Å². The van der Waals surface area contributed by atoms with Gasteiger partial charge in [0.2, 0.25) is 0 Å². The third-order valence-electron chi connectivity index (χ3n) is 3.91. The van der Waals surface area contributed by atoms with Gasteiger partial charge in [-0.1, -0.05) is 17.3 Å². The van der Waals surface area contributed by atoms with E-state index in [0.29, 0.717) is 13.2 Å². The molecule has 5 heteroatoms. The molecule has 0 bridgehead atoms. The number of aryl methyl sites for hydroxylation is 2. The zero-order valence-electron chi connectivity index (χ0n) is 16.9. The van der Waals surface area contributed by atoms with Crippen LogP contribution in [0.5, 0.6) is 5.75 Å². The van der Waals surface area contributed by atoms with Crippen molar-refractivity contribution in [3.8, 4) is 5.75 Å². The predicted molar refractivity (Wildman–Crippen MR) is 110 cm³/mol. The van der Waals surface area contributed by atoms with Crippen molar-refractivity contribution in [1.29, 1.82) is 0 Å². The Morgan fingerprint density at radius 2 is 1.88 bits per heavy atom. The highest BCUT2D eigenvalue weighted by Crippen LogP contribution is 2.26. The van der Waals surface area contributed by atoms with Crippen LogP contribution in [0.3, 0.4) is 0 Å². The van der Waals surface area contributed by atoms with Gasteiger partial charge in [-0.25, -0.2) is 0 Å². The normalized spacial score (nSPS) is 11.8. The van der Waals surface area contributed by atoms with Crippen LogP contribution in [0.2, 0.25) is 0 Å². The van der Waals surface area contributed by atoms with Crippen LogP contribution >= 0.6 is 0 Å². The Bertz CT molecular complexity index is 560. The molecule has 0 aliphatic rings. The zero-order chi connectivity index (χ0) is 19.2. The smallest absolute Gasteiger partial charge is 0.120 e. The highest BCUT2D eigenvalue weighted by atomic mass is 16.6. The van der Waals surface area contributed by atoms with Crippen molar-refractivity contribution in [3.63, 3.8) is 0 Å². The fourth-order valence-electron chi connectivity index (χ4n) is 2.65. The number of ether oxygens (including phenoxy) is 2. The molecule has 0 aliphatic heterocycles. The van der Waals surface area contributed by atoms with Gasteiger partial charge in [-0.3, -0.25) is 0 Å². The number of oxime groups is 1. The summed E-state index contributed by atoms with van der Waals surface area (Å²) in [4.78, 5) is 4.70. The second kappa shape index (κ2) is 13.2. The van der Waals surface area contributed by atoms with Gasteiger partial charge in [0.25, 0.3) is 0 Å². The van der Waals surface area contributed by atoms with Crippen LogP contribution in [0.15, 0.2) is 29.4 Å². The molecule has 0 fully saturated rings. The molecule has 146 valence electrons. The lowest BCUT2D eigenvalue weighted by molar-refractivity contribution is 0.158. The molecule has 0 saturated carbocycles. The maximum Gasteiger partial charge on any atom is 0.120 e. The van der Waals surface area contributed by atoms with E-state index in [-0.39, 0.29) is 0 Å². The van der Waals surface area contributed by atoms with E-state index in [0.717, 1.165) is 43.9 Å². The second-order valence-corrected chi connectivity index (χ2v) is 6.36. The summed E-state index contributed by atoms with van der Waals surface area (Å²) in [5.41, 5.74) is 4.51. The SMILES string of the molecule is C/C=C/COc1cc(C)c(NCCCCCOC/C(C)=N/OC)c(C)c1. The molecule has 1 aromatic rings. The third kappa shape index (κ3) is 8.90. The minimum absolute atomic E-state index is 0.535. The van der Waals surface area contributed by atoms with Gasteiger partial charge in [0.05, 0.1) is 12.3 Å². The number of anilines is 1. The van der Waals surface area contributed by atoms with Crippen molar-refractivity contribution in [2.24, 2.45) is 5.16 Å². The molecule has 0 aromatic heterocycles. The lowest BCUT2D eigenvalue weighted by Gasteiger charge is -2.15. The molecule has 1 aromatic carbocycles. The Morgan fingerprint density at radius 3 is 2.54 bits per heavy atom. The van der Waals surface area contributed by atoms with Gasteiger partial charge in [-0.05, 0) is 70.2 Å². The first kappa shape index (κ1) is 22.0. The first-order chi connectivity index (χ1) is 12.6. The molecule has 0 radical (unpaired) electrons. The number of rotatable bonds is 13. The van der Waals surface area contributed by atoms with Gasteiger partial charge in [-0.15, -0.1) is 0 Å². The Morgan fingerprint density at radius 1 is 1.15 bits per heavy atom. The molecule has 1 rings (SSSR count). The number of unbranched alkanes of at least 4 members (excludes halogenated alkanes) is 2. The van der Waals surface area contributed by atoms with Crippen molar-refractivity contribution >= 4 is 11.4 Å². The first-order valence-corrected chi connectivity index (χ1v) is 9.32. The number of allylic oxidation sites excluding steroid dienone is 1. The molecule has 0 aliphatic carbocycles. The van der Waals surface area contributed by atoms with E-state index in [1.807, 2.05) is 26.0 Å². The summed E-state index contributed by atoms with van der Waals surface area (Å²) in [5.74, 6) is 0.924. The largest absolute Gasteiger partial charge is 0.490 e.